The van der Waals surface area contributed by atoms with Gasteiger partial charge in [0.25, 0.3) is 11.8 Å². The van der Waals surface area contributed by atoms with Gasteiger partial charge in [0.15, 0.2) is 0 Å². The van der Waals surface area contributed by atoms with Crippen LogP contribution in [0.2, 0.25) is 10.0 Å². The van der Waals surface area contributed by atoms with Crippen LogP contribution in [0.4, 0.5) is 11.4 Å². The highest BCUT2D eigenvalue weighted by Crippen LogP contribution is 2.29. The summed E-state index contributed by atoms with van der Waals surface area (Å²) in [4.78, 5) is 44.8. The number of nitrogens with one attached hydrogen (secondary N) is 2. The molecule has 8 nitrogen and oxygen atoms in total. The Morgan fingerprint density at radius 1 is 0.854 bits per heavy atom. The number of halogens is 2. The average molecular weight is 597 g/mol. The van der Waals surface area contributed by atoms with Crippen molar-refractivity contribution in [2.24, 2.45) is 0 Å². The van der Waals surface area contributed by atoms with E-state index < -0.39 is 0 Å². The van der Waals surface area contributed by atoms with Crippen molar-refractivity contribution in [2.75, 3.05) is 63.6 Å². The van der Waals surface area contributed by atoms with Crippen LogP contribution in [-0.2, 0) is 11.2 Å². The summed E-state index contributed by atoms with van der Waals surface area (Å²) in [7, 11) is 3.90. The molecular formula is C31H35Cl2N5O3. The SMILES string of the molecule is CN(C)CCC(=O)N1CCN(c2ccc(C(=O)NCCc3ccccc3Cl)cc2NC(=O)c2cccc(Cl)c2)CC1. The fourth-order valence-corrected chi connectivity index (χ4v) is 5.09. The largest absolute Gasteiger partial charge is 0.366 e. The molecule has 0 aliphatic carbocycles. The summed E-state index contributed by atoms with van der Waals surface area (Å²) in [6, 6.07) is 19.5. The third-order valence-electron chi connectivity index (χ3n) is 6.98. The van der Waals surface area contributed by atoms with Crippen molar-refractivity contribution in [2.45, 2.75) is 12.8 Å². The number of benzene rings is 3. The van der Waals surface area contributed by atoms with Crippen LogP contribution in [0.25, 0.3) is 0 Å². The third-order valence-corrected chi connectivity index (χ3v) is 7.58. The fraction of sp³-hybridized carbons (Fsp3) is 0.323. The predicted molar refractivity (Wildman–Crippen MR) is 165 cm³/mol. The predicted octanol–water partition coefficient (Wildman–Crippen LogP) is 4.82. The lowest BCUT2D eigenvalue weighted by Gasteiger charge is -2.37. The zero-order chi connectivity index (χ0) is 29.4. The van der Waals surface area contributed by atoms with Gasteiger partial charge in [-0.2, -0.15) is 0 Å². The molecule has 0 atom stereocenters. The summed E-state index contributed by atoms with van der Waals surface area (Å²) in [5.74, 6) is -0.447. The van der Waals surface area contributed by atoms with Gasteiger partial charge in [-0.05, 0) is 68.5 Å². The molecule has 0 saturated carbocycles. The molecule has 3 amide bonds. The quantitative estimate of drug-likeness (QED) is 0.351. The van der Waals surface area contributed by atoms with Crippen LogP contribution in [0.3, 0.4) is 0 Å². The number of amides is 3. The molecule has 3 aromatic carbocycles. The minimum Gasteiger partial charge on any atom is -0.366 e. The van der Waals surface area contributed by atoms with E-state index in [0.29, 0.717) is 79.0 Å². The first-order chi connectivity index (χ1) is 19.7. The molecule has 216 valence electrons. The van der Waals surface area contributed by atoms with Gasteiger partial charge in [-0.3, -0.25) is 14.4 Å². The lowest BCUT2D eigenvalue weighted by molar-refractivity contribution is -0.131. The summed E-state index contributed by atoms with van der Waals surface area (Å²) in [6.07, 6.45) is 1.08. The van der Waals surface area contributed by atoms with E-state index in [1.165, 1.54) is 0 Å². The van der Waals surface area contributed by atoms with Crippen molar-refractivity contribution in [3.8, 4) is 0 Å². The maximum Gasteiger partial charge on any atom is 0.255 e. The van der Waals surface area contributed by atoms with E-state index in [0.717, 1.165) is 11.3 Å². The van der Waals surface area contributed by atoms with Crippen LogP contribution in [-0.4, -0.2) is 80.9 Å². The smallest absolute Gasteiger partial charge is 0.255 e. The first kappa shape index (κ1) is 30.4. The maximum absolute atomic E-state index is 13.2. The van der Waals surface area contributed by atoms with Gasteiger partial charge in [0.05, 0.1) is 11.4 Å². The van der Waals surface area contributed by atoms with Crippen LogP contribution in [0.15, 0.2) is 66.7 Å². The molecule has 0 spiro atoms. The minimum absolute atomic E-state index is 0.136. The Kier molecular flexibility index (Phi) is 10.6. The Morgan fingerprint density at radius 2 is 1.59 bits per heavy atom. The summed E-state index contributed by atoms with van der Waals surface area (Å²) < 4.78 is 0. The number of nitrogens with zero attached hydrogens (tertiary/aromatic N) is 3. The van der Waals surface area contributed by atoms with Gasteiger partial charge in [0, 0.05) is 66.9 Å². The monoisotopic (exact) mass is 595 g/mol. The van der Waals surface area contributed by atoms with Gasteiger partial charge >= 0.3 is 0 Å². The number of hydrogen-bond acceptors (Lipinski definition) is 5. The molecule has 1 fully saturated rings. The van der Waals surface area contributed by atoms with Crippen molar-refractivity contribution < 1.29 is 14.4 Å². The molecular weight excluding hydrogens is 561 g/mol. The Morgan fingerprint density at radius 3 is 2.29 bits per heavy atom. The highest BCUT2D eigenvalue weighted by molar-refractivity contribution is 6.31. The maximum atomic E-state index is 13.2. The second-order valence-corrected chi connectivity index (χ2v) is 11.1. The second-order valence-electron chi connectivity index (χ2n) is 10.2. The van der Waals surface area contributed by atoms with Gasteiger partial charge in [-0.1, -0.05) is 47.5 Å². The molecule has 0 radical (unpaired) electrons. The van der Waals surface area contributed by atoms with Crippen LogP contribution >= 0.6 is 23.2 Å². The number of piperazine rings is 1. The zero-order valence-corrected chi connectivity index (χ0v) is 24.8. The van der Waals surface area contributed by atoms with Gasteiger partial charge in [-0.15, -0.1) is 0 Å². The highest BCUT2D eigenvalue weighted by Gasteiger charge is 2.24. The van der Waals surface area contributed by atoms with Gasteiger partial charge < -0.3 is 25.3 Å². The molecule has 10 heteroatoms. The van der Waals surface area contributed by atoms with Crippen molar-refractivity contribution in [3.05, 3.63) is 93.5 Å². The number of carbonyl (C=O) groups is 3. The normalized spacial score (nSPS) is 13.3. The van der Waals surface area contributed by atoms with E-state index in [9.17, 15) is 14.4 Å². The number of carbonyl (C=O) groups excluding carboxylic acids is 3. The van der Waals surface area contributed by atoms with Crippen molar-refractivity contribution in [1.82, 2.24) is 15.1 Å². The van der Waals surface area contributed by atoms with Crippen LogP contribution < -0.4 is 15.5 Å². The lowest BCUT2D eigenvalue weighted by atomic mass is 10.1. The van der Waals surface area contributed by atoms with E-state index >= 15 is 0 Å². The van der Waals surface area contributed by atoms with Crippen LogP contribution in [0.5, 0.6) is 0 Å². The molecule has 41 heavy (non-hydrogen) atoms. The number of rotatable bonds is 10. The Hall–Kier alpha value is -3.59. The Bertz CT molecular complexity index is 1390. The minimum atomic E-state index is -0.331. The summed E-state index contributed by atoms with van der Waals surface area (Å²) in [5.41, 5.74) is 3.09. The van der Waals surface area contributed by atoms with Crippen molar-refractivity contribution in [3.63, 3.8) is 0 Å². The molecule has 1 aliphatic rings. The summed E-state index contributed by atoms with van der Waals surface area (Å²) in [6.45, 7) is 3.50. The van der Waals surface area contributed by atoms with E-state index in [4.69, 9.17) is 23.2 Å². The molecule has 1 saturated heterocycles. The van der Waals surface area contributed by atoms with Crippen LogP contribution in [0, 0.1) is 0 Å². The van der Waals surface area contributed by atoms with Gasteiger partial charge in [-0.25, -0.2) is 0 Å². The number of anilines is 2. The van der Waals surface area contributed by atoms with E-state index in [1.54, 1.807) is 36.4 Å². The lowest BCUT2D eigenvalue weighted by Crippen LogP contribution is -2.49. The summed E-state index contributed by atoms with van der Waals surface area (Å²) >= 11 is 12.4. The molecule has 4 rings (SSSR count). The standard InChI is InChI=1S/C31H35Cl2N5O3/c1-36(2)15-13-29(39)38-18-16-37(17-19-38)28-11-10-24(30(40)34-14-12-22-6-3-4-9-26(22)33)21-27(28)35-31(41)23-7-5-8-25(32)20-23/h3-11,20-21H,12-19H2,1-2H3,(H,34,40)(H,35,41). The van der Waals surface area contributed by atoms with E-state index in [-0.39, 0.29) is 17.7 Å². The number of hydrogen-bond donors (Lipinski definition) is 2. The van der Waals surface area contributed by atoms with E-state index in [1.807, 2.05) is 54.2 Å². The third kappa shape index (κ3) is 8.45. The fourth-order valence-electron chi connectivity index (χ4n) is 4.67. The molecule has 0 unspecified atom stereocenters. The first-order valence-corrected chi connectivity index (χ1v) is 14.4. The van der Waals surface area contributed by atoms with Crippen molar-refractivity contribution >= 4 is 52.3 Å². The highest BCUT2D eigenvalue weighted by atomic mass is 35.5. The van der Waals surface area contributed by atoms with Gasteiger partial charge in [0.2, 0.25) is 5.91 Å². The second kappa shape index (κ2) is 14.3. The Labute approximate surface area is 251 Å². The summed E-state index contributed by atoms with van der Waals surface area (Å²) in [5, 5.41) is 7.04. The first-order valence-electron chi connectivity index (χ1n) is 13.6. The molecule has 0 aromatic heterocycles. The van der Waals surface area contributed by atoms with E-state index in [2.05, 4.69) is 15.5 Å². The molecule has 1 aliphatic heterocycles. The molecule has 3 aromatic rings. The topological polar surface area (TPSA) is 85.0 Å². The zero-order valence-electron chi connectivity index (χ0n) is 23.3. The molecule has 1 heterocycles. The van der Waals surface area contributed by atoms with Gasteiger partial charge in [0.1, 0.15) is 0 Å². The molecule has 0 bridgehead atoms. The molecule has 2 N–H and O–H groups in total. The Balaban J connectivity index is 1.49. The average Bonchev–Trinajstić information content (AvgIpc) is 2.97. The van der Waals surface area contributed by atoms with Crippen LogP contribution in [0.1, 0.15) is 32.7 Å². The van der Waals surface area contributed by atoms with Crippen molar-refractivity contribution in [1.29, 1.82) is 0 Å².